The minimum atomic E-state index is -0.344. The predicted molar refractivity (Wildman–Crippen MR) is 47.4 cm³/mol. The van der Waals surface area contributed by atoms with Gasteiger partial charge in [-0.25, -0.2) is 4.39 Å². The molecule has 1 unspecified atom stereocenters. The van der Waals surface area contributed by atoms with Gasteiger partial charge in [0.2, 0.25) is 0 Å². The van der Waals surface area contributed by atoms with Gasteiger partial charge in [0, 0.05) is 13.1 Å². The topological polar surface area (TPSA) is 21.3 Å². The van der Waals surface area contributed by atoms with Crippen LogP contribution in [0.2, 0.25) is 0 Å². The van der Waals surface area contributed by atoms with E-state index < -0.39 is 0 Å². The Kier molecular flexibility index (Phi) is 3.75. The van der Waals surface area contributed by atoms with Crippen molar-refractivity contribution in [1.29, 1.82) is 0 Å². The lowest BCUT2D eigenvalue weighted by Gasteiger charge is -2.49. The van der Waals surface area contributed by atoms with E-state index in [-0.39, 0.29) is 25.7 Å². The van der Waals surface area contributed by atoms with Crippen LogP contribution in [0.25, 0.3) is 0 Å². The minimum Gasteiger partial charge on any atom is -0.375 e. The molecule has 3 rings (SSSR count). The quantitative estimate of drug-likeness (QED) is 0.726. The maximum atomic E-state index is 11.7. The number of nitrogens with one attached hydrogen (secondary N) is 1. The second-order valence-corrected chi connectivity index (χ2v) is 3.44. The van der Waals surface area contributed by atoms with Crippen molar-refractivity contribution >= 4 is 12.4 Å². The van der Waals surface area contributed by atoms with Crippen LogP contribution in [-0.4, -0.2) is 32.5 Å². The summed E-state index contributed by atoms with van der Waals surface area (Å²) in [6.07, 6.45) is 1.65. The Balaban J connectivity index is 0.000000720. The molecule has 1 N–H and O–H groups in total. The predicted octanol–water partition coefficient (Wildman–Crippen LogP) is 1.00. The van der Waals surface area contributed by atoms with Crippen molar-refractivity contribution in [2.75, 3.05) is 26.4 Å². The van der Waals surface area contributed by atoms with E-state index in [1.54, 1.807) is 0 Å². The number of ether oxygens (including phenoxy) is 1. The number of alkyl halides is 1. The largest absolute Gasteiger partial charge is 0.375 e. The molecule has 4 heteroatoms. The Morgan fingerprint density at radius 3 is 2.50 bits per heavy atom. The zero-order chi connectivity index (χ0) is 7.68. The maximum absolute atomic E-state index is 11.7. The molecule has 2 saturated heterocycles. The molecule has 2 aliphatic heterocycles. The van der Waals surface area contributed by atoms with Crippen molar-refractivity contribution in [2.24, 2.45) is 11.8 Å². The summed E-state index contributed by atoms with van der Waals surface area (Å²) in [4.78, 5) is 0. The summed E-state index contributed by atoms with van der Waals surface area (Å²) in [5.74, 6) is 1.33. The van der Waals surface area contributed by atoms with Crippen molar-refractivity contribution in [3.05, 3.63) is 0 Å². The highest BCUT2D eigenvalue weighted by Gasteiger charge is 2.44. The fourth-order valence-electron chi connectivity index (χ4n) is 2.15. The van der Waals surface area contributed by atoms with E-state index in [1.807, 2.05) is 0 Å². The second kappa shape index (κ2) is 4.40. The van der Waals surface area contributed by atoms with Crippen molar-refractivity contribution in [3.8, 4) is 0 Å². The van der Waals surface area contributed by atoms with Crippen LogP contribution in [0.4, 0.5) is 4.39 Å². The second-order valence-electron chi connectivity index (χ2n) is 3.44. The highest BCUT2D eigenvalue weighted by Crippen LogP contribution is 2.38. The Morgan fingerprint density at radius 2 is 2.00 bits per heavy atom. The monoisotopic (exact) mass is 195 g/mol. The fraction of sp³-hybridized carbons (Fsp3) is 1.00. The van der Waals surface area contributed by atoms with Gasteiger partial charge in [0.05, 0.1) is 12.7 Å². The molecule has 3 atom stereocenters. The first kappa shape index (κ1) is 10.2. The van der Waals surface area contributed by atoms with E-state index in [0.717, 1.165) is 13.1 Å². The van der Waals surface area contributed by atoms with Gasteiger partial charge in [-0.15, -0.1) is 12.4 Å². The molecule has 2 nitrogen and oxygen atoms in total. The number of hydrogen-bond acceptors (Lipinski definition) is 2. The van der Waals surface area contributed by atoms with Crippen LogP contribution in [0.3, 0.4) is 0 Å². The van der Waals surface area contributed by atoms with Crippen LogP contribution in [0.15, 0.2) is 0 Å². The Hall–Kier alpha value is 0.140. The summed E-state index contributed by atoms with van der Waals surface area (Å²) >= 11 is 0. The third kappa shape index (κ3) is 1.73. The Labute approximate surface area is 78.3 Å². The van der Waals surface area contributed by atoms with Gasteiger partial charge in [-0.05, 0) is 18.3 Å². The van der Waals surface area contributed by atoms with Crippen molar-refractivity contribution < 1.29 is 9.13 Å². The van der Waals surface area contributed by atoms with E-state index in [0.29, 0.717) is 17.9 Å². The van der Waals surface area contributed by atoms with Crippen molar-refractivity contribution in [2.45, 2.75) is 12.5 Å². The van der Waals surface area contributed by atoms with E-state index in [1.165, 1.54) is 6.42 Å². The molecule has 0 aromatic carbocycles. The maximum Gasteiger partial charge on any atom is 0.113 e. The zero-order valence-electron chi connectivity index (χ0n) is 6.96. The van der Waals surface area contributed by atoms with Gasteiger partial charge in [-0.1, -0.05) is 0 Å². The molecule has 1 aliphatic carbocycles. The van der Waals surface area contributed by atoms with Gasteiger partial charge < -0.3 is 10.1 Å². The number of halogens is 2. The first-order valence-electron chi connectivity index (χ1n) is 4.30. The summed E-state index contributed by atoms with van der Waals surface area (Å²) in [5, 5.41) is 3.32. The molecule has 0 spiro atoms. The average Bonchev–Trinajstić information content (AvgIpc) is 2.06. The van der Waals surface area contributed by atoms with E-state index >= 15 is 0 Å². The number of fused-ring (bicyclic) bond motifs is 2. The van der Waals surface area contributed by atoms with Crippen LogP contribution in [0, 0.1) is 11.8 Å². The minimum absolute atomic E-state index is 0. The van der Waals surface area contributed by atoms with E-state index in [2.05, 4.69) is 5.32 Å². The summed E-state index contributed by atoms with van der Waals surface area (Å²) in [6.45, 7) is 2.07. The average molecular weight is 196 g/mol. The van der Waals surface area contributed by atoms with Gasteiger partial charge >= 0.3 is 0 Å². The molecule has 2 bridgehead atoms. The number of rotatable bonds is 3. The first-order chi connectivity index (χ1) is 5.42. The number of piperidine rings is 2. The smallest absolute Gasteiger partial charge is 0.113 e. The van der Waals surface area contributed by atoms with Crippen LogP contribution >= 0.6 is 12.4 Å². The summed E-state index contributed by atoms with van der Waals surface area (Å²) < 4.78 is 17.1. The van der Waals surface area contributed by atoms with Crippen molar-refractivity contribution in [1.82, 2.24) is 5.32 Å². The molecule has 0 radical (unpaired) electrons. The van der Waals surface area contributed by atoms with Gasteiger partial charge in [0.25, 0.3) is 0 Å². The molecule has 72 valence electrons. The lowest BCUT2D eigenvalue weighted by Crippen LogP contribution is -2.57. The lowest BCUT2D eigenvalue weighted by atomic mass is 9.69. The van der Waals surface area contributed by atoms with Gasteiger partial charge in [-0.3, -0.25) is 0 Å². The molecular formula is C8H15ClFNO. The highest BCUT2D eigenvalue weighted by molar-refractivity contribution is 5.85. The van der Waals surface area contributed by atoms with Crippen LogP contribution in [0.1, 0.15) is 6.42 Å². The molecule has 3 aliphatic rings. The molecule has 0 aromatic heterocycles. The normalized spacial score (nSPS) is 38.2. The standard InChI is InChI=1S/C8H14FNO.ClH/c9-1-2-11-8-6-3-7(8)5-10-4-6;/h6-8,10H,1-5H2;1H/t6-,7+,8?;. The van der Waals surface area contributed by atoms with E-state index in [9.17, 15) is 4.39 Å². The van der Waals surface area contributed by atoms with E-state index in [4.69, 9.17) is 4.74 Å². The molecule has 0 aromatic rings. The molecule has 1 saturated carbocycles. The van der Waals surface area contributed by atoms with Crippen LogP contribution in [0.5, 0.6) is 0 Å². The Bertz CT molecular complexity index is 133. The van der Waals surface area contributed by atoms with Gasteiger partial charge in [0.15, 0.2) is 0 Å². The molecule has 2 heterocycles. The van der Waals surface area contributed by atoms with Gasteiger partial charge in [0.1, 0.15) is 6.67 Å². The number of hydrogen-bond donors (Lipinski definition) is 1. The first-order valence-corrected chi connectivity index (χ1v) is 4.30. The Morgan fingerprint density at radius 1 is 1.33 bits per heavy atom. The summed E-state index contributed by atoms with van der Waals surface area (Å²) in [6, 6.07) is 0. The zero-order valence-corrected chi connectivity index (χ0v) is 7.78. The van der Waals surface area contributed by atoms with Crippen molar-refractivity contribution in [3.63, 3.8) is 0 Å². The molecule has 0 amide bonds. The van der Waals surface area contributed by atoms with Crippen LogP contribution < -0.4 is 5.32 Å². The summed E-state index contributed by atoms with van der Waals surface area (Å²) in [5.41, 5.74) is 0. The lowest BCUT2D eigenvalue weighted by molar-refractivity contribution is -0.113. The third-order valence-electron chi connectivity index (χ3n) is 2.74. The highest BCUT2D eigenvalue weighted by atomic mass is 35.5. The SMILES string of the molecule is Cl.FCCOC1[C@@H]2CNC[C@H]1C2. The van der Waals surface area contributed by atoms with Gasteiger partial charge in [-0.2, -0.15) is 0 Å². The molecule has 12 heavy (non-hydrogen) atoms. The fourth-order valence-corrected chi connectivity index (χ4v) is 2.15. The molecule has 3 fully saturated rings. The van der Waals surface area contributed by atoms with Crippen LogP contribution in [-0.2, 0) is 4.74 Å². The molecular weight excluding hydrogens is 181 g/mol. The summed E-state index contributed by atoms with van der Waals surface area (Å²) in [7, 11) is 0. The third-order valence-corrected chi connectivity index (χ3v) is 2.74.